The summed E-state index contributed by atoms with van der Waals surface area (Å²) >= 11 is 26.9. The molecule has 0 amide bonds. The van der Waals surface area contributed by atoms with Crippen molar-refractivity contribution >= 4 is 115 Å². The second-order valence-corrected chi connectivity index (χ2v) is 22.7. The van der Waals surface area contributed by atoms with E-state index in [1.54, 1.807) is 0 Å². The van der Waals surface area contributed by atoms with Gasteiger partial charge in [0.15, 0.2) is 11.4 Å². The Hall–Kier alpha value is 8.15. The summed E-state index contributed by atoms with van der Waals surface area (Å²) < 4.78 is 48.2. The van der Waals surface area contributed by atoms with E-state index in [0.717, 1.165) is 0 Å². The number of halogens is 6. The molecular formula is C3Ce4Cl6O18P6. The predicted molar refractivity (Wildman–Crippen MR) is 88.9 cm³/mol. The Morgan fingerprint density at radius 3 is 0.351 bits per heavy atom. The zero-order valence-corrected chi connectivity index (χ0v) is 38.3. The Bertz CT molecular complexity index is 775. The molecular weight excluding hydrogens is 1280 g/mol. The van der Waals surface area contributed by atoms with Crippen LogP contribution in [-0.2, 0) is 27.4 Å². The van der Waals surface area contributed by atoms with Gasteiger partial charge in [-0.05, 0) is 45.6 Å². The van der Waals surface area contributed by atoms with Gasteiger partial charge < -0.3 is 86.1 Å². The van der Waals surface area contributed by atoms with Gasteiger partial charge in [-0.15, -0.1) is 0 Å². The molecule has 18 nitrogen and oxygen atoms in total. The van der Waals surface area contributed by atoms with Crippen molar-refractivity contribution in [2.75, 3.05) is 0 Å². The topological polar surface area (TPSA) is 379 Å². The maximum Gasteiger partial charge on any atom is 3.00 e. The zero-order valence-electron chi connectivity index (χ0n) is 15.8. The van der Waals surface area contributed by atoms with Crippen LogP contribution in [0.4, 0.5) is 0 Å². The Morgan fingerprint density at radius 1 is 0.297 bits per heavy atom. The molecule has 0 aromatic rings. The zero-order chi connectivity index (χ0) is 28.5. The van der Waals surface area contributed by atoms with Gasteiger partial charge in [-0.1, -0.05) is 69.6 Å². The third kappa shape index (κ3) is 20.3. The molecule has 0 fully saturated rings. The smallest absolute Gasteiger partial charge is 0.808 e. The third-order valence-corrected chi connectivity index (χ3v) is 17.8. The molecule has 0 aliphatic heterocycles. The van der Waals surface area contributed by atoms with Gasteiger partial charge >= 0.3 is 167 Å². The summed E-state index contributed by atoms with van der Waals surface area (Å²) in [5.74, 6) is 0. The van der Waals surface area contributed by atoms with Crippen molar-refractivity contribution in [1.29, 1.82) is 0 Å². The van der Waals surface area contributed by atoms with Gasteiger partial charge in [0.1, 0.15) is 0 Å². The summed E-state index contributed by atoms with van der Waals surface area (Å²) in [5.41, 5.74) is 0. The summed E-state index contributed by atoms with van der Waals surface area (Å²) in [6.45, 7) is 0. The molecule has 0 saturated carbocycles. The van der Waals surface area contributed by atoms with Crippen LogP contribution < -0.4 is 58.7 Å². The van der Waals surface area contributed by atoms with Crippen molar-refractivity contribution in [3.63, 3.8) is 0 Å². The SMILES string of the molecule is O=P([O-])([O-])C(Cl)(Cl)P(=O)([O-])[O-].O=P([O-])([O-])C(Cl)(Cl)P(=O)([O-])[O-].O=P([O-])([O-])C(Cl)(Cl)P(=O)([O-])[O-].[Ce+3].[Ce+3].[Ce+3].[Ce+3]. The molecule has 0 spiro atoms. The minimum absolute atomic E-state index is 0. The molecule has 34 heteroatoms. The van der Waals surface area contributed by atoms with E-state index in [1.807, 2.05) is 0 Å². The number of hydrogen-bond donors (Lipinski definition) is 0. The van der Waals surface area contributed by atoms with E-state index in [9.17, 15) is 86.1 Å². The van der Waals surface area contributed by atoms with Gasteiger partial charge in [0.2, 0.25) is 0 Å². The standard InChI is InChI=1S/3CH4Cl2O6P2.4Ce/c3*2-1(3,10(4,5)6)11(7,8)9;;;;/h3*(H2,4,5,6)(H2,7,8,9);;;;/q;;;4*+3/p-12. The molecule has 0 aliphatic rings. The Balaban J connectivity index is -0.0000000692. The van der Waals surface area contributed by atoms with Crippen LogP contribution in [0.3, 0.4) is 0 Å². The van der Waals surface area contributed by atoms with Crippen LogP contribution in [0.5, 0.6) is 0 Å². The fraction of sp³-hybridized carbons (Fsp3) is 1.00. The number of alkyl halides is 6. The fourth-order valence-electron chi connectivity index (χ4n) is 0.450. The van der Waals surface area contributed by atoms with Crippen LogP contribution in [-0.4, -0.2) is 11.4 Å². The normalized spacial score (nSPS) is 13.5. The summed E-state index contributed by atoms with van der Waals surface area (Å²) in [7, 11) is -35.1. The third-order valence-electron chi connectivity index (χ3n) is 1.98. The van der Waals surface area contributed by atoms with Crippen LogP contribution in [0.2, 0.25) is 0 Å². The van der Waals surface area contributed by atoms with E-state index in [0.29, 0.717) is 0 Å². The largest absolute Gasteiger partial charge is 3.00 e. The summed E-state index contributed by atoms with van der Waals surface area (Å²) in [5, 5.41) is 0. The van der Waals surface area contributed by atoms with E-state index in [2.05, 4.69) is 69.6 Å². The van der Waals surface area contributed by atoms with Crippen LogP contribution >= 0.6 is 115 Å². The van der Waals surface area contributed by atoms with Crippen molar-refractivity contribution in [1.82, 2.24) is 0 Å². The molecule has 0 N–H and O–H groups in total. The molecule has 0 saturated heterocycles. The first-order chi connectivity index (χ1) is 13.5. The molecule has 37 heavy (non-hydrogen) atoms. The van der Waals surface area contributed by atoms with Crippen molar-refractivity contribution in [3.05, 3.63) is 0 Å². The van der Waals surface area contributed by atoms with E-state index in [-0.39, 0.29) is 167 Å². The van der Waals surface area contributed by atoms with Gasteiger partial charge in [0.25, 0.3) is 0 Å². The second kappa shape index (κ2) is 21.3. The van der Waals surface area contributed by atoms with Crippen LogP contribution in [0.15, 0.2) is 0 Å². The van der Waals surface area contributed by atoms with Crippen LogP contribution in [0, 0.1) is 167 Å². The first-order valence-electron chi connectivity index (χ1n) is 5.76. The number of hydrogen-bond acceptors (Lipinski definition) is 18. The Labute approximate surface area is 371 Å². The van der Waals surface area contributed by atoms with Crippen LogP contribution in [0.1, 0.15) is 0 Å². The minimum Gasteiger partial charge on any atom is -0.808 e. The molecule has 0 aromatic carbocycles. The molecule has 4 radical (unpaired) electrons. The number of rotatable bonds is 6. The molecule has 0 bridgehead atoms. The first kappa shape index (κ1) is 60.5. The van der Waals surface area contributed by atoms with Crippen molar-refractivity contribution < 1.29 is 253 Å². The monoisotopic (exact) mass is 1280 g/mol. The van der Waals surface area contributed by atoms with Gasteiger partial charge in [0, 0.05) is 0 Å². The molecule has 0 atom stereocenters. The van der Waals surface area contributed by atoms with Gasteiger partial charge in [-0.3, -0.25) is 0 Å². The quantitative estimate of drug-likeness (QED) is 0.176. The Morgan fingerprint density at radius 2 is 0.351 bits per heavy atom. The maximum absolute atomic E-state index is 9.94. The molecule has 208 valence electrons. The summed E-state index contributed by atoms with van der Waals surface area (Å²) in [6.07, 6.45) is 0. The second-order valence-electron chi connectivity index (χ2n) is 4.51. The first-order valence-corrected chi connectivity index (χ1v) is 17.3. The maximum atomic E-state index is 9.94. The van der Waals surface area contributed by atoms with Gasteiger partial charge in [-0.2, -0.15) is 0 Å². The minimum atomic E-state index is -5.85. The summed E-state index contributed by atoms with van der Waals surface area (Å²) in [4.78, 5) is 119. The van der Waals surface area contributed by atoms with Crippen molar-refractivity contribution in [2.45, 2.75) is 11.4 Å². The predicted octanol–water partition coefficient (Wildman–Crippen LogP) is -6.29. The molecule has 0 aromatic heterocycles. The van der Waals surface area contributed by atoms with E-state index in [4.69, 9.17) is 0 Å². The molecule has 0 aliphatic carbocycles. The van der Waals surface area contributed by atoms with E-state index >= 15 is 0 Å². The Kier molecular flexibility index (Phi) is 34.8. The molecule has 0 rings (SSSR count). The van der Waals surface area contributed by atoms with Crippen molar-refractivity contribution in [3.8, 4) is 0 Å². The van der Waals surface area contributed by atoms with Gasteiger partial charge in [0.05, 0.1) is 0 Å². The summed E-state index contributed by atoms with van der Waals surface area (Å²) in [6, 6.07) is 0. The van der Waals surface area contributed by atoms with E-state index < -0.39 is 57.0 Å². The van der Waals surface area contributed by atoms with Crippen LogP contribution in [0.25, 0.3) is 0 Å². The molecule has 0 heterocycles. The average molecular weight is 1280 g/mol. The molecule has 0 unspecified atom stereocenters. The average Bonchev–Trinajstić information content (AvgIpc) is 2.41. The van der Waals surface area contributed by atoms with E-state index in [1.165, 1.54) is 0 Å². The van der Waals surface area contributed by atoms with Crippen molar-refractivity contribution in [2.24, 2.45) is 0 Å². The fourth-order valence-corrected chi connectivity index (χ4v) is 4.05. The van der Waals surface area contributed by atoms with Gasteiger partial charge in [-0.25, -0.2) is 0 Å².